The molecular formula is C45H33Cl3O6. The van der Waals surface area contributed by atoms with Crippen molar-refractivity contribution in [3.05, 3.63) is 194 Å². The number of hydrogen-bond acceptors (Lipinski definition) is 6. The lowest BCUT2D eigenvalue weighted by molar-refractivity contribution is -0.164. The highest BCUT2D eigenvalue weighted by Gasteiger charge is 2.68. The van der Waals surface area contributed by atoms with Gasteiger partial charge in [0, 0.05) is 44.3 Å². The van der Waals surface area contributed by atoms with E-state index in [1.807, 2.05) is 78.9 Å². The van der Waals surface area contributed by atoms with Crippen LogP contribution in [0.15, 0.2) is 146 Å². The fourth-order valence-corrected chi connectivity index (χ4v) is 9.35. The normalized spacial score (nSPS) is 24.4. The second-order valence-electron chi connectivity index (χ2n) is 13.9. The summed E-state index contributed by atoms with van der Waals surface area (Å²) in [5.41, 5.74) is -0.00175. The Kier molecular flexibility index (Phi) is 9.49. The van der Waals surface area contributed by atoms with E-state index in [-0.39, 0.29) is 38.2 Å². The molecule has 9 heteroatoms. The molecule has 54 heavy (non-hydrogen) atoms. The van der Waals surface area contributed by atoms with E-state index in [1.165, 1.54) is 36.4 Å². The monoisotopic (exact) mass is 774 g/mol. The number of ether oxygens (including phenoxy) is 1. The maximum absolute atomic E-state index is 15.6. The van der Waals surface area contributed by atoms with E-state index < -0.39 is 52.9 Å². The summed E-state index contributed by atoms with van der Waals surface area (Å²) in [5, 5.41) is 37.4. The summed E-state index contributed by atoms with van der Waals surface area (Å²) in [6.07, 6.45) is -0.904. The minimum absolute atomic E-state index is 0.0342. The molecule has 0 amide bonds. The minimum Gasteiger partial charge on any atom is -0.507 e. The second kappa shape index (κ2) is 14.3. The van der Waals surface area contributed by atoms with E-state index in [1.54, 1.807) is 30.3 Å². The van der Waals surface area contributed by atoms with E-state index in [2.05, 4.69) is 0 Å². The van der Waals surface area contributed by atoms with Crippen molar-refractivity contribution in [1.29, 1.82) is 0 Å². The van der Waals surface area contributed by atoms with Crippen LogP contribution in [0.4, 0.5) is 0 Å². The van der Waals surface area contributed by atoms with E-state index >= 15 is 9.59 Å². The number of carbonyl (C=O) groups is 2. The van der Waals surface area contributed by atoms with Crippen LogP contribution >= 0.6 is 34.8 Å². The van der Waals surface area contributed by atoms with Gasteiger partial charge in [0.2, 0.25) is 0 Å². The number of ketones is 2. The van der Waals surface area contributed by atoms with Gasteiger partial charge in [-0.05, 0) is 71.3 Å². The fourth-order valence-electron chi connectivity index (χ4n) is 8.83. The first kappa shape index (κ1) is 35.9. The van der Waals surface area contributed by atoms with Crippen LogP contribution in [0.3, 0.4) is 0 Å². The number of rotatable bonds is 7. The number of aromatic hydroxyl groups is 2. The number of carbonyl (C=O) groups excluding carboxylic acids is 2. The van der Waals surface area contributed by atoms with Gasteiger partial charge in [0.05, 0.1) is 17.0 Å². The van der Waals surface area contributed by atoms with Crippen molar-refractivity contribution in [3.8, 4) is 17.2 Å². The number of benzene rings is 6. The number of Topliss-reactive ketones (excluding diaryl/α,β-unsaturated/α-hetero) is 2. The Morgan fingerprint density at radius 2 is 1.02 bits per heavy atom. The van der Waals surface area contributed by atoms with Gasteiger partial charge < -0.3 is 20.1 Å². The van der Waals surface area contributed by atoms with Crippen LogP contribution in [0.5, 0.6) is 17.2 Å². The van der Waals surface area contributed by atoms with Gasteiger partial charge in [-0.1, -0.05) is 126 Å². The Morgan fingerprint density at radius 1 is 0.556 bits per heavy atom. The second-order valence-corrected chi connectivity index (χ2v) is 15.2. The van der Waals surface area contributed by atoms with Crippen molar-refractivity contribution in [1.82, 2.24) is 0 Å². The lowest BCUT2D eigenvalue weighted by Gasteiger charge is -2.59. The third-order valence-corrected chi connectivity index (χ3v) is 11.7. The SMILES string of the molecule is O=C(c1cc(Cl)ccc1O)C1C(c2ccccc2)C(C(=O)c2cc(Cl)ccc2O)C2(O)c3cc(Cl)ccc3OC(c3ccccc3)C2C1c1ccccc1. The highest BCUT2D eigenvalue weighted by molar-refractivity contribution is 6.31. The molecule has 2 aliphatic rings. The maximum Gasteiger partial charge on any atom is 0.173 e. The van der Waals surface area contributed by atoms with Gasteiger partial charge in [-0.25, -0.2) is 0 Å². The topological polar surface area (TPSA) is 104 Å². The van der Waals surface area contributed by atoms with Gasteiger partial charge in [-0.3, -0.25) is 9.59 Å². The fraction of sp³-hybridized carbons (Fsp3) is 0.156. The Morgan fingerprint density at radius 3 is 1.57 bits per heavy atom. The first-order valence-electron chi connectivity index (χ1n) is 17.5. The molecule has 1 aliphatic carbocycles. The minimum atomic E-state index is -2.10. The lowest BCUT2D eigenvalue weighted by Crippen LogP contribution is -2.62. The molecule has 1 heterocycles. The zero-order chi connectivity index (χ0) is 37.7. The third kappa shape index (κ3) is 6.04. The van der Waals surface area contributed by atoms with Crippen LogP contribution in [0.25, 0.3) is 0 Å². The molecule has 6 nitrogen and oxygen atoms in total. The maximum atomic E-state index is 15.6. The third-order valence-electron chi connectivity index (χ3n) is 11.0. The van der Waals surface area contributed by atoms with Gasteiger partial charge in [0.1, 0.15) is 29.0 Å². The standard InChI is InChI=1S/C45H33Cl3O6/c46-28-16-19-34(49)31(22-28)42(51)39-37(25-10-4-1-5-11-25)40(43(52)32-23-29(47)17-20-35(32)50)45(53)33-24-30(48)18-21-36(33)54-44(27-14-8-3-9-15-27)41(45)38(39)26-12-6-2-7-13-26/h1-24,37-41,44,49-50,53H. The average molecular weight is 776 g/mol. The predicted octanol–water partition coefficient (Wildman–Crippen LogP) is 10.6. The number of phenolic OH excluding ortho intramolecular Hbond substituents is 2. The van der Waals surface area contributed by atoms with Crippen LogP contribution in [0, 0.1) is 17.8 Å². The van der Waals surface area contributed by atoms with Crippen molar-refractivity contribution in [3.63, 3.8) is 0 Å². The summed E-state index contributed by atoms with van der Waals surface area (Å²) >= 11 is 19.7. The first-order chi connectivity index (χ1) is 26.1. The molecular weight excluding hydrogens is 743 g/mol. The van der Waals surface area contributed by atoms with E-state index in [0.717, 1.165) is 0 Å². The van der Waals surface area contributed by atoms with E-state index in [0.29, 0.717) is 27.5 Å². The molecule has 6 aromatic rings. The molecule has 0 radical (unpaired) electrons. The first-order valence-corrected chi connectivity index (χ1v) is 18.6. The molecule has 3 N–H and O–H groups in total. The van der Waals surface area contributed by atoms with Crippen molar-refractivity contribution in [2.24, 2.45) is 17.8 Å². The van der Waals surface area contributed by atoms with Gasteiger partial charge in [0.15, 0.2) is 11.6 Å². The molecule has 1 aliphatic heterocycles. The summed E-state index contributed by atoms with van der Waals surface area (Å²) in [5.74, 6) is -6.93. The Labute approximate surface area is 327 Å². The van der Waals surface area contributed by atoms with Crippen LogP contribution < -0.4 is 4.74 Å². The number of hydrogen-bond donors (Lipinski definition) is 3. The van der Waals surface area contributed by atoms with Crippen LogP contribution in [-0.2, 0) is 5.60 Å². The van der Waals surface area contributed by atoms with Crippen LogP contribution in [0.2, 0.25) is 15.1 Å². The molecule has 0 saturated heterocycles. The molecule has 1 fully saturated rings. The zero-order valence-corrected chi connectivity index (χ0v) is 30.8. The molecule has 0 spiro atoms. The van der Waals surface area contributed by atoms with Gasteiger partial charge in [0.25, 0.3) is 0 Å². The van der Waals surface area contributed by atoms with Gasteiger partial charge >= 0.3 is 0 Å². The van der Waals surface area contributed by atoms with Crippen LogP contribution in [-0.4, -0.2) is 26.9 Å². The summed E-state index contributed by atoms with van der Waals surface area (Å²) < 4.78 is 6.87. The highest BCUT2D eigenvalue weighted by atomic mass is 35.5. The molecule has 8 rings (SSSR count). The average Bonchev–Trinajstić information content (AvgIpc) is 3.19. The predicted molar refractivity (Wildman–Crippen MR) is 209 cm³/mol. The van der Waals surface area contributed by atoms with E-state index in [4.69, 9.17) is 39.5 Å². The number of phenols is 2. The van der Waals surface area contributed by atoms with E-state index in [9.17, 15) is 15.3 Å². The lowest BCUT2D eigenvalue weighted by atomic mass is 9.46. The molecule has 1 saturated carbocycles. The quantitative estimate of drug-likeness (QED) is 0.140. The van der Waals surface area contributed by atoms with Crippen molar-refractivity contribution in [2.45, 2.75) is 23.5 Å². The Balaban J connectivity index is 1.53. The highest BCUT2D eigenvalue weighted by Crippen LogP contribution is 2.67. The van der Waals surface area contributed by atoms with Gasteiger partial charge in [-0.2, -0.15) is 0 Å². The summed E-state index contributed by atoms with van der Waals surface area (Å²) in [4.78, 5) is 31.1. The van der Waals surface area contributed by atoms with Crippen LogP contribution in [0.1, 0.15) is 60.9 Å². The number of halogens is 3. The van der Waals surface area contributed by atoms with Crippen molar-refractivity contribution in [2.75, 3.05) is 0 Å². The Hall–Kier alpha value is -5.11. The van der Waals surface area contributed by atoms with Gasteiger partial charge in [-0.15, -0.1) is 0 Å². The number of aliphatic hydroxyl groups is 1. The molecule has 6 aromatic carbocycles. The molecule has 0 bridgehead atoms. The molecule has 0 aromatic heterocycles. The summed E-state index contributed by atoms with van der Waals surface area (Å²) in [7, 11) is 0. The van der Waals surface area contributed by atoms with Crippen molar-refractivity contribution >= 4 is 46.4 Å². The largest absolute Gasteiger partial charge is 0.507 e. The smallest absolute Gasteiger partial charge is 0.173 e. The molecule has 7 unspecified atom stereocenters. The van der Waals surface area contributed by atoms with Crippen molar-refractivity contribution < 1.29 is 29.6 Å². The summed E-state index contributed by atoms with van der Waals surface area (Å²) in [6.45, 7) is 0. The summed E-state index contributed by atoms with van der Waals surface area (Å²) in [6, 6.07) is 41.2. The zero-order valence-electron chi connectivity index (χ0n) is 28.5. The Bertz CT molecular complexity index is 2370. The number of fused-ring (bicyclic) bond motifs is 3. The molecule has 270 valence electrons. The molecule has 7 atom stereocenters.